The van der Waals surface area contributed by atoms with Crippen molar-refractivity contribution in [3.8, 4) is 11.3 Å². The summed E-state index contributed by atoms with van der Waals surface area (Å²) in [7, 11) is 0. The molecule has 4 heteroatoms. The van der Waals surface area contributed by atoms with Gasteiger partial charge in [-0.15, -0.1) is 11.3 Å². The van der Waals surface area contributed by atoms with Crippen molar-refractivity contribution in [2.75, 3.05) is 0 Å². The number of nitrogens with zero attached hydrogens (tertiary/aromatic N) is 1. The van der Waals surface area contributed by atoms with Gasteiger partial charge in [0.15, 0.2) is 0 Å². The molecular formula is C13H15FN2S. The van der Waals surface area contributed by atoms with Gasteiger partial charge in [0.1, 0.15) is 5.82 Å². The van der Waals surface area contributed by atoms with Crippen LogP contribution >= 0.6 is 11.3 Å². The van der Waals surface area contributed by atoms with Crippen molar-refractivity contribution in [2.45, 2.75) is 26.3 Å². The van der Waals surface area contributed by atoms with Crippen LogP contribution in [0.3, 0.4) is 0 Å². The summed E-state index contributed by atoms with van der Waals surface area (Å²) in [5, 5.41) is 0.968. The third-order valence-corrected chi connectivity index (χ3v) is 3.46. The van der Waals surface area contributed by atoms with E-state index < -0.39 is 0 Å². The van der Waals surface area contributed by atoms with Crippen LogP contribution in [0.15, 0.2) is 24.3 Å². The lowest BCUT2D eigenvalue weighted by Crippen LogP contribution is -2.17. The van der Waals surface area contributed by atoms with Gasteiger partial charge in [0.2, 0.25) is 0 Å². The molecule has 2 N–H and O–H groups in total. The van der Waals surface area contributed by atoms with Gasteiger partial charge in [0.05, 0.1) is 10.7 Å². The molecule has 0 aliphatic rings. The lowest BCUT2D eigenvalue weighted by Gasteiger charge is -2.00. The fourth-order valence-corrected chi connectivity index (χ4v) is 2.81. The summed E-state index contributed by atoms with van der Waals surface area (Å²) >= 11 is 1.59. The molecule has 0 saturated carbocycles. The molecule has 17 heavy (non-hydrogen) atoms. The van der Waals surface area contributed by atoms with Crippen LogP contribution < -0.4 is 5.73 Å². The van der Waals surface area contributed by atoms with Crippen molar-refractivity contribution < 1.29 is 4.39 Å². The molecule has 1 heterocycles. The van der Waals surface area contributed by atoms with E-state index in [1.807, 2.05) is 19.9 Å². The molecule has 1 atom stereocenters. The number of halogens is 1. The minimum absolute atomic E-state index is 0.0778. The molecule has 0 fully saturated rings. The van der Waals surface area contributed by atoms with Gasteiger partial charge in [-0.2, -0.15) is 0 Å². The zero-order valence-electron chi connectivity index (χ0n) is 9.90. The van der Waals surface area contributed by atoms with Gasteiger partial charge >= 0.3 is 0 Å². The second-order valence-corrected chi connectivity index (χ2v) is 5.46. The van der Waals surface area contributed by atoms with Crippen LogP contribution in [0.5, 0.6) is 0 Å². The van der Waals surface area contributed by atoms with Crippen LogP contribution in [0.25, 0.3) is 11.3 Å². The second kappa shape index (κ2) is 4.94. The Hall–Kier alpha value is -1.26. The predicted octanol–water partition coefficient (Wildman–Crippen LogP) is 3.15. The number of hydrogen-bond donors (Lipinski definition) is 1. The first kappa shape index (κ1) is 12.2. The number of aromatic nitrogens is 1. The summed E-state index contributed by atoms with van der Waals surface area (Å²) < 4.78 is 13.7. The van der Waals surface area contributed by atoms with Gasteiger partial charge in [-0.05, 0) is 26.0 Å². The summed E-state index contributed by atoms with van der Waals surface area (Å²) in [6.45, 7) is 3.91. The van der Waals surface area contributed by atoms with Crippen molar-refractivity contribution in [2.24, 2.45) is 5.73 Å². The van der Waals surface area contributed by atoms with E-state index in [1.165, 1.54) is 6.07 Å². The number of aryl methyl sites for hydroxylation is 1. The van der Waals surface area contributed by atoms with Gasteiger partial charge in [-0.1, -0.05) is 12.1 Å². The van der Waals surface area contributed by atoms with Gasteiger partial charge < -0.3 is 5.73 Å². The van der Waals surface area contributed by atoms with Gasteiger partial charge in [-0.3, -0.25) is 0 Å². The molecule has 1 aromatic carbocycles. The fourth-order valence-electron chi connectivity index (χ4n) is 1.72. The Morgan fingerprint density at radius 3 is 2.76 bits per heavy atom. The zero-order chi connectivity index (χ0) is 12.4. The van der Waals surface area contributed by atoms with Gasteiger partial charge in [0, 0.05) is 22.9 Å². The Kier molecular flexibility index (Phi) is 3.54. The lowest BCUT2D eigenvalue weighted by molar-refractivity contribution is 0.630. The highest BCUT2D eigenvalue weighted by Crippen LogP contribution is 2.29. The smallest absolute Gasteiger partial charge is 0.132 e. The number of nitrogens with two attached hydrogens (primary N) is 1. The third kappa shape index (κ3) is 2.70. The van der Waals surface area contributed by atoms with E-state index in [0.29, 0.717) is 5.56 Å². The van der Waals surface area contributed by atoms with E-state index in [9.17, 15) is 4.39 Å². The summed E-state index contributed by atoms with van der Waals surface area (Å²) in [5.41, 5.74) is 7.05. The average Bonchev–Trinajstić information content (AvgIpc) is 2.59. The van der Waals surface area contributed by atoms with Crippen LogP contribution in [0.4, 0.5) is 4.39 Å². The summed E-state index contributed by atoms with van der Waals surface area (Å²) in [6.07, 6.45) is 0.736. The lowest BCUT2D eigenvalue weighted by atomic mass is 10.1. The van der Waals surface area contributed by atoms with Crippen LogP contribution in [-0.2, 0) is 6.42 Å². The first-order valence-electron chi connectivity index (χ1n) is 5.54. The second-order valence-electron chi connectivity index (χ2n) is 4.17. The first-order chi connectivity index (χ1) is 8.08. The predicted molar refractivity (Wildman–Crippen MR) is 69.6 cm³/mol. The van der Waals surface area contributed by atoms with E-state index in [2.05, 4.69) is 4.98 Å². The molecule has 90 valence electrons. The largest absolute Gasteiger partial charge is 0.328 e. The standard InChI is InChI=1S/C13H15FN2S/c1-8(15)7-12-16-13(9(2)17-12)10-5-3-4-6-11(10)14/h3-6,8H,7,15H2,1-2H3. The highest BCUT2D eigenvalue weighted by Gasteiger charge is 2.13. The van der Waals surface area contributed by atoms with Gasteiger partial charge in [0.25, 0.3) is 0 Å². The molecule has 0 bridgehead atoms. The van der Waals surface area contributed by atoms with E-state index >= 15 is 0 Å². The maximum Gasteiger partial charge on any atom is 0.132 e. The maximum absolute atomic E-state index is 13.7. The third-order valence-electron chi connectivity index (χ3n) is 2.47. The molecule has 1 aromatic heterocycles. The van der Waals surface area contributed by atoms with Gasteiger partial charge in [-0.25, -0.2) is 9.37 Å². The molecule has 0 spiro atoms. The summed E-state index contributed by atoms with van der Waals surface area (Å²) in [6, 6.07) is 6.80. The number of hydrogen-bond acceptors (Lipinski definition) is 3. The van der Waals surface area contributed by atoms with E-state index in [-0.39, 0.29) is 11.9 Å². The van der Waals surface area contributed by atoms with Crippen LogP contribution in [0.1, 0.15) is 16.8 Å². The molecule has 2 aromatic rings. The van der Waals surface area contributed by atoms with Crippen LogP contribution in [0, 0.1) is 12.7 Å². The molecule has 0 saturated heterocycles. The molecule has 0 amide bonds. The maximum atomic E-state index is 13.7. The Balaban J connectivity index is 2.40. The molecule has 0 radical (unpaired) electrons. The number of rotatable bonds is 3. The molecular weight excluding hydrogens is 235 g/mol. The highest BCUT2D eigenvalue weighted by molar-refractivity contribution is 7.12. The molecule has 1 unspecified atom stereocenters. The summed E-state index contributed by atoms with van der Waals surface area (Å²) in [4.78, 5) is 5.51. The summed E-state index contributed by atoms with van der Waals surface area (Å²) in [5.74, 6) is -0.228. The van der Waals surface area contributed by atoms with Crippen LogP contribution in [-0.4, -0.2) is 11.0 Å². The molecule has 2 rings (SSSR count). The van der Waals surface area contributed by atoms with Crippen molar-refractivity contribution in [3.63, 3.8) is 0 Å². The van der Waals surface area contributed by atoms with Crippen molar-refractivity contribution in [3.05, 3.63) is 40.0 Å². The van der Waals surface area contributed by atoms with Crippen molar-refractivity contribution in [1.29, 1.82) is 0 Å². The van der Waals surface area contributed by atoms with E-state index in [0.717, 1.165) is 22.0 Å². The minimum atomic E-state index is -0.228. The Labute approximate surface area is 104 Å². The number of thiazole rings is 1. The topological polar surface area (TPSA) is 38.9 Å². The van der Waals surface area contributed by atoms with Crippen molar-refractivity contribution >= 4 is 11.3 Å². The minimum Gasteiger partial charge on any atom is -0.328 e. The SMILES string of the molecule is Cc1sc(CC(C)N)nc1-c1ccccc1F. The Morgan fingerprint density at radius 1 is 1.41 bits per heavy atom. The Morgan fingerprint density at radius 2 is 2.12 bits per heavy atom. The van der Waals surface area contributed by atoms with E-state index in [1.54, 1.807) is 23.5 Å². The van der Waals surface area contributed by atoms with E-state index in [4.69, 9.17) is 5.73 Å². The Bertz CT molecular complexity index is 520. The molecule has 0 aliphatic heterocycles. The zero-order valence-corrected chi connectivity index (χ0v) is 10.7. The van der Waals surface area contributed by atoms with Crippen LogP contribution in [0.2, 0.25) is 0 Å². The quantitative estimate of drug-likeness (QED) is 0.909. The average molecular weight is 250 g/mol. The molecule has 0 aliphatic carbocycles. The van der Waals surface area contributed by atoms with Crippen molar-refractivity contribution in [1.82, 2.24) is 4.98 Å². The highest BCUT2D eigenvalue weighted by atomic mass is 32.1. The normalized spacial score (nSPS) is 12.7. The number of benzene rings is 1. The molecule has 2 nitrogen and oxygen atoms in total. The monoisotopic (exact) mass is 250 g/mol. The first-order valence-corrected chi connectivity index (χ1v) is 6.36. The fraction of sp³-hybridized carbons (Fsp3) is 0.308.